The minimum absolute atomic E-state index is 0.0304. The van der Waals surface area contributed by atoms with Crippen LogP contribution in [-0.2, 0) is 6.54 Å². The van der Waals surface area contributed by atoms with Crippen LogP contribution in [0.15, 0.2) is 30.3 Å². The molecule has 0 saturated heterocycles. The summed E-state index contributed by atoms with van der Waals surface area (Å²) in [5.74, 6) is 0. The van der Waals surface area contributed by atoms with E-state index in [4.69, 9.17) is 11.6 Å². The molecule has 0 aliphatic rings. The monoisotopic (exact) mass is 211 g/mol. The van der Waals surface area contributed by atoms with E-state index < -0.39 is 0 Å². The molecule has 0 fully saturated rings. The zero-order valence-corrected chi connectivity index (χ0v) is 9.81. The fraction of sp³-hybridized carbons (Fsp3) is 0.500. The van der Waals surface area contributed by atoms with Crippen LogP contribution in [0.4, 0.5) is 0 Å². The summed E-state index contributed by atoms with van der Waals surface area (Å²) in [6.45, 7) is 7.12. The highest BCUT2D eigenvalue weighted by Crippen LogP contribution is 2.15. The van der Waals surface area contributed by atoms with Gasteiger partial charge in [-0.15, -0.1) is 11.6 Å². The van der Waals surface area contributed by atoms with E-state index >= 15 is 0 Å². The van der Waals surface area contributed by atoms with E-state index in [-0.39, 0.29) is 10.9 Å². The second kappa shape index (κ2) is 4.81. The Labute approximate surface area is 91.5 Å². The molecule has 1 nitrogen and oxygen atoms in total. The van der Waals surface area contributed by atoms with Gasteiger partial charge in [0, 0.05) is 17.5 Å². The average molecular weight is 212 g/mol. The van der Waals surface area contributed by atoms with Crippen molar-refractivity contribution in [1.29, 1.82) is 0 Å². The third kappa shape index (κ3) is 3.32. The molecule has 1 rings (SSSR count). The van der Waals surface area contributed by atoms with Gasteiger partial charge in [0.1, 0.15) is 0 Å². The minimum atomic E-state index is -0.0304. The van der Waals surface area contributed by atoms with Crippen LogP contribution < -0.4 is 5.32 Å². The highest BCUT2D eigenvalue weighted by atomic mass is 35.5. The molecule has 0 aliphatic carbocycles. The predicted octanol–water partition coefficient (Wildman–Crippen LogP) is 3.18. The molecule has 0 saturated carbocycles. The van der Waals surface area contributed by atoms with Crippen molar-refractivity contribution < 1.29 is 0 Å². The molecule has 1 atom stereocenters. The molecule has 0 bridgehead atoms. The first-order valence-electron chi connectivity index (χ1n) is 4.95. The summed E-state index contributed by atoms with van der Waals surface area (Å²) >= 11 is 6.07. The molecule has 78 valence electrons. The van der Waals surface area contributed by atoms with Crippen LogP contribution in [0, 0.1) is 0 Å². The van der Waals surface area contributed by atoms with Crippen molar-refractivity contribution in [2.45, 2.75) is 38.2 Å². The molecule has 0 aromatic heterocycles. The molecular weight excluding hydrogens is 194 g/mol. The van der Waals surface area contributed by atoms with Crippen LogP contribution in [0.5, 0.6) is 0 Å². The summed E-state index contributed by atoms with van der Waals surface area (Å²) in [7, 11) is 0. The first-order valence-corrected chi connectivity index (χ1v) is 5.39. The lowest BCUT2D eigenvalue weighted by atomic mass is 10.0. The summed E-state index contributed by atoms with van der Waals surface area (Å²) in [6, 6.07) is 10.4. The van der Waals surface area contributed by atoms with Crippen molar-refractivity contribution in [2.24, 2.45) is 0 Å². The van der Waals surface area contributed by atoms with Crippen LogP contribution in [0.1, 0.15) is 26.3 Å². The third-order valence-corrected chi connectivity index (χ3v) is 3.13. The van der Waals surface area contributed by atoms with Crippen LogP contribution in [0.3, 0.4) is 0 Å². The maximum Gasteiger partial charge on any atom is 0.0484 e. The van der Waals surface area contributed by atoms with E-state index in [9.17, 15) is 0 Å². The topological polar surface area (TPSA) is 12.0 Å². The molecule has 0 heterocycles. The first-order chi connectivity index (χ1) is 6.52. The summed E-state index contributed by atoms with van der Waals surface area (Å²) in [5.41, 5.74) is 1.26. The molecule has 0 aliphatic heterocycles. The van der Waals surface area contributed by atoms with E-state index in [1.54, 1.807) is 0 Å². The fourth-order valence-electron chi connectivity index (χ4n) is 1.07. The van der Waals surface area contributed by atoms with Gasteiger partial charge in [-0.25, -0.2) is 0 Å². The Bertz CT molecular complexity index is 267. The van der Waals surface area contributed by atoms with Crippen LogP contribution in [0.2, 0.25) is 0 Å². The Balaban J connectivity index is 2.49. The Morgan fingerprint density at radius 3 is 2.36 bits per heavy atom. The largest absolute Gasteiger partial charge is 0.306 e. The van der Waals surface area contributed by atoms with Gasteiger partial charge in [0.05, 0.1) is 0 Å². The van der Waals surface area contributed by atoms with Crippen LogP contribution >= 0.6 is 11.6 Å². The zero-order chi connectivity index (χ0) is 10.6. The first kappa shape index (κ1) is 11.5. The van der Waals surface area contributed by atoms with Crippen molar-refractivity contribution in [3.05, 3.63) is 35.9 Å². The number of nitrogens with one attached hydrogen (secondary N) is 1. The van der Waals surface area contributed by atoms with Gasteiger partial charge in [-0.2, -0.15) is 0 Å². The molecule has 0 amide bonds. The van der Waals surface area contributed by atoms with Crippen LogP contribution in [-0.4, -0.2) is 10.9 Å². The molecule has 0 spiro atoms. The van der Waals surface area contributed by atoms with Crippen molar-refractivity contribution in [3.63, 3.8) is 0 Å². The molecule has 1 aromatic carbocycles. The van der Waals surface area contributed by atoms with Gasteiger partial charge in [-0.3, -0.25) is 0 Å². The van der Waals surface area contributed by atoms with E-state index in [0.29, 0.717) is 0 Å². The second-order valence-corrected chi connectivity index (χ2v) is 4.83. The standard InChI is InChI=1S/C12H18ClN/c1-10(13)12(2,3)14-9-11-7-5-4-6-8-11/h4-8,10,14H,9H2,1-3H3. The predicted molar refractivity (Wildman–Crippen MR) is 62.7 cm³/mol. The van der Waals surface area contributed by atoms with Gasteiger partial charge < -0.3 is 5.32 Å². The number of hydrogen-bond acceptors (Lipinski definition) is 1. The summed E-state index contributed by atoms with van der Waals surface area (Å²) < 4.78 is 0. The summed E-state index contributed by atoms with van der Waals surface area (Å²) in [5, 5.41) is 3.56. The van der Waals surface area contributed by atoms with Gasteiger partial charge in [0.2, 0.25) is 0 Å². The molecule has 1 unspecified atom stereocenters. The number of benzene rings is 1. The molecule has 14 heavy (non-hydrogen) atoms. The Morgan fingerprint density at radius 2 is 1.86 bits per heavy atom. The van der Waals surface area contributed by atoms with Gasteiger partial charge in [-0.05, 0) is 26.3 Å². The highest BCUT2D eigenvalue weighted by Gasteiger charge is 2.22. The number of hydrogen-bond donors (Lipinski definition) is 1. The molecule has 2 heteroatoms. The number of alkyl halides is 1. The normalized spacial score (nSPS) is 14.0. The fourth-order valence-corrected chi connectivity index (χ4v) is 1.14. The summed E-state index contributed by atoms with van der Waals surface area (Å²) in [4.78, 5) is 0. The lowest BCUT2D eigenvalue weighted by Gasteiger charge is -2.29. The SMILES string of the molecule is CC(Cl)C(C)(C)NCc1ccccc1. The van der Waals surface area contributed by atoms with Crippen LogP contribution in [0.25, 0.3) is 0 Å². The van der Waals surface area contributed by atoms with E-state index in [2.05, 4.69) is 31.3 Å². The number of halogens is 1. The average Bonchev–Trinajstić information content (AvgIpc) is 2.16. The quantitative estimate of drug-likeness (QED) is 0.755. The Kier molecular flexibility index (Phi) is 3.97. The molecule has 0 radical (unpaired) electrons. The maximum atomic E-state index is 6.07. The lowest BCUT2D eigenvalue weighted by Crippen LogP contribution is -2.45. The van der Waals surface area contributed by atoms with Crippen molar-refractivity contribution in [1.82, 2.24) is 5.32 Å². The smallest absolute Gasteiger partial charge is 0.0484 e. The van der Waals surface area contributed by atoms with Crippen molar-refractivity contribution in [3.8, 4) is 0 Å². The Hall–Kier alpha value is -0.530. The van der Waals surface area contributed by atoms with Gasteiger partial charge in [0.25, 0.3) is 0 Å². The van der Waals surface area contributed by atoms with Gasteiger partial charge in [-0.1, -0.05) is 30.3 Å². The molecular formula is C12H18ClN. The van der Waals surface area contributed by atoms with E-state index in [1.807, 2.05) is 25.1 Å². The van der Waals surface area contributed by atoms with Gasteiger partial charge in [0.15, 0.2) is 0 Å². The minimum Gasteiger partial charge on any atom is -0.306 e. The number of rotatable bonds is 4. The molecule has 1 aromatic rings. The van der Waals surface area contributed by atoms with E-state index in [1.165, 1.54) is 5.56 Å². The highest BCUT2D eigenvalue weighted by molar-refractivity contribution is 6.21. The Morgan fingerprint density at radius 1 is 1.29 bits per heavy atom. The third-order valence-electron chi connectivity index (χ3n) is 2.59. The molecule has 1 N–H and O–H groups in total. The maximum absolute atomic E-state index is 6.07. The summed E-state index contributed by atoms with van der Waals surface area (Å²) in [6.07, 6.45) is 0. The zero-order valence-electron chi connectivity index (χ0n) is 9.05. The van der Waals surface area contributed by atoms with Crippen molar-refractivity contribution >= 4 is 11.6 Å². The van der Waals surface area contributed by atoms with E-state index in [0.717, 1.165) is 6.54 Å². The van der Waals surface area contributed by atoms with Crippen molar-refractivity contribution in [2.75, 3.05) is 0 Å². The second-order valence-electron chi connectivity index (χ2n) is 4.18. The lowest BCUT2D eigenvalue weighted by molar-refractivity contribution is 0.380. The van der Waals surface area contributed by atoms with Gasteiger partial charge >= 0.3 is 0 Å².